The van der Waals surface area contributed by atoms with Crippen LogP contribution in [0.5, 0.6) is 0 Å². The Morgan fingerprint density at radius 2 is 1.93 bits per heavy atom. The summed E-state index contributed by atoms with van der Waals surface area (Å²) in [5, 5.41) is 4.34. The number of amides is 1. The number of rotatable bonds is 4. The highest BCUT2D eigenvalue weighted by molar-refractivity contribution is 6.31. The van der Waals surface area contributed by atoms with Crippen molar-refractivity contribution in [1.29, 1.82) is 0 Å². The largest absolute Gasteiger partial charge is 1.00 e. The second-order valence-corrected chi connectivity index (χ2v) is 7.62. The molecule has 0 bridgehead atoms. The first-order valence-electron chi connectivity index (χ1n) is 8.95. The fraction of sp³-hybridized carbons (Fsp3) is 0.238. The molecule has 1 N–H and O–H groups in total. The zero-order chi connectivity index (χ0) is 19.0. The molecule has 7 heteroatoms. The molecule has 2 aromatic carbocycles. The van der Waals surface area contributed by atoms with Crippen LogP contribution in [-0.4, -0.2) is 10.5 Å². The summed E-state index contributed by atoms with van der Waals surface area (Å²) in [6, 6.07) is 13.3. The molecule has 1 aromatic heterocycles. The van der Waals surface area contributed by atoms with Gasteiger partial charge in [0.2, 0.25) is 0 Å². The van der Waals surface area contributed by atoms with Crippen molar-refractivity contribution in [2.45, 2.75) is 32.9 Å². The van der Waals surface area contributed by atoms with E-state index in [2.05, 4.69) is 16.1 Å². The molecular formula is C21H20Cl3N3O. The highest BCUT2D eigenvalue weighted by atomic mass is 35.5. The Labute approximate surface area is 180 Å². The number of fused-ring (bicyclic) bond motifs is 1. The van der Waals surface area contributed by atoms with Crippen molar-refractivity contribution in [2.24, 2.45) is 0 Å². The van der Waals surface area contributed by atoms with E-state index in [-0.39, 0.29) is 24.9 Å². The number of carbonyl (C=O) groups excluding carboxylic acids is 1. The van der Waals surface area contributed by atoms with Crippen molar-refractivity contribution < 1.29 is 21.8 Å². The van der Waals surface area contributed by atoms with Crippen LogP contribution in [0.4, 0.5) is 5.69 Å². The number of hydrogen-bond donors (Lipinski definition) is 1. The van der Waals surface area contributed by atoms with Crippen molar-refractivity contribution in [2.75, 3.05) is 5.32 Å². The minimum atomic E-state index is -0.0617. The van der Waals surface area contributed by atoms with E-state index in [0.717, 1.165) is 46.9 Å². The first-order chi connectivity index (χ1) is 13.0. The van der Waals surface area contributed by atoms with Gasteiger partial charge >= 0.3 is 0 Å². The number of carbonyl (C=O) groups is 1. The highest BCUT2D eigenvalue weighted by Crippen LogP contribution is 2.26. The highest BCUT2D eigenvalue weighted by Gasteiger charge is 2.29. The third-order valence-electron chi connectivity index (χ3n) is 4.99. The fourth-order valence-corrected chi connectivity index (χ4v) is 3.89. The van der Waals surface area contributed by atoms with Crippen LogP contribution in [0.3, 0.4) is 0 Å². The van der Waals surface area contributed by atoms with E-state index in [1.165, 1.54) is 5.82 Å². The van der Waals surface area contributed by atoms with Gasteiger partial charge in [0.25, 0.3) is 11.7 Å². The maximum Gasteiger partial charge on any atom is 0.266 e. The minimum absolute atomic E-state index is 0. The number of hydrogen-bond acceptors (Lipinski definition) is 1. The van der Waals surface area contributed by atoms with E-state index in [9.17, 15) is 4.79 Å². The zero-order valence-corrected chi connectivity index (χ0v) is 17.7. The van der Waals surface area contributed by atoms with Crippen molar-refractivity contribution in [3.8, 4) is 11.3 Å². The van der Waals surface area contributed by atoms with Crippen molar-refractivity contribution >= 4 is 34.8 Å². The molecule has 4 rings (SSSR count). The van der Waals surface area contributed by atoms with E-state index < -0.39 is 0 Å². The smallest absolute Gasteiger partial charge is 0.266 e. The Morgan fingerprint density at radius 1 is 1.18 bits per heavy atom. The van der Waals surface area contributed by atoms with Crippen LogP contribution in [0.15, 0.2) is 48.7 Å². The summed E-state index contributed by atoms with van der Waals surface area (Å²) < 4.78 is 4.34. The molecule has 2 heterocycles. The second-order valence-electron chi connectivity index (χ2n) is 6.78. The monoisotopic (exact) mass is 435 g/mol. The van der Waals surface area contributed by atoms with Crippen LogP contribution in [0.2, 0.25) is 10.0 Å². The number of nitrogens with zero attached hydrogens (tertiary/aromatic N) is 2. The lowest BCUT2D eigenvalue weighted by molar-refractivity contribution is -0.690. The van der Waals surface area contributed by atoms with Crippen LogP contribution < -0.4 is 22.3 Å². The van der Waals surface area contributed by atoms with Gasteiger partial charge < -0.3 is 17.7 Å². The van der Waals surface area contributed by atoms with Crippen molar-refractivity contribution in [1.82, 2.24) is 4.57 Å². The summed E-state index contributed by atoms with van der Waals surface area (Å²) in [7, 11) is 0. The molecule has 146 valence electrons. The molecule has 0 aliphatic carbocycles. The summed E-state index contributed by atoms with van der Waals surface area (Å²) in [5.74, 6) is 1.12. The minimum Gasteiger partial charge on any atom is -1.00 e. The normalized spacial score (nSPS) is 12.4. The molecule has 1 aliphatic heterocycles. The van der Waals surface area contributed by atoms with Gasteiger partial charge in [0, 0.05) is 21.3 Å². The van der Waals surface area contributed by atoms with E-state index in [0.29, 0.717) is 5.02 Å². The number of benzene rings is 2. The van der Waals surface area contributed by atoms with Gasteiger partial charge in [-0.25, -0.2) is 9.13 Å². The van der Waals surface area contributed by atoms with Crippen LogP contribution in [-0.2, 0) is 24.3 Å². The van der Waals surface area contributed by atoms with E-state index >= 15 is 0 Å². The molecule has 0 saturated heterocycles. The summed E-state index contributed by atoms with van der Waals surface area (Å²) in [6.07, 6.45) is 4.12. The van der Waals surface area contributed by atoms with Gasteiger partial charge in [-0.05, 0) is 55.3 Å². The van der Waals surface area contributed by atoms with E-state index in [1.807, 2.05) is 54.0 Å². The maximum absolute atomic E-state index is 12.6. The second kappa shape index (κ2) is 8.56. The first kappa shape index (κ1) is 20.7. The standard InChI is InChI=1S/C21H19Cl2N3O.ClH/c1-14-17(23)4-2-5-18(14)24-20(27)13-25-12-19(26-11-3-6-21(25)26)15-7-9-16(22)10-8-15;/h2,4-5,7-10,12H,3,6,11,13H2,1H3;1H. The molecule has 0 radical (unpaired) electrons. The topological polar surface area (TPSA) is 37.9 Å². The molecule has 1 amide bonds. The summed E-state index contributed by atoms with van der Waals surface area (Å²) in [4.78, 5) is 12.6. The first-order valence-corrected chi connectivity index (χ1v) is 9.71. The maximum atomic E-state index is 12.6. The molecule has 1 aliphatic rings. The lowest BCUT2D eigenvalue weighted by Crippen LogP contribution is -3.00. The predicted molar refractivity (Wildman–Crippen MR) is 108 cm³/mol. The number of aromatic nitrogens is 2. The lowest BCUT2D eigenvalue weighted by Gasteiger charge is -2.08. The average molecular weight is 437 g/mol. The number of halogens is 3. The SMILES string of the molecule is Cc1c(Cl)cccc1NC(=O)C[n+]1cc(-c2ccc(Cl)cc2)n2c1CCC2.[Cl-]. The van der Waals surface area contributed by atoms with Crippen LogP contribution >= 0.6 is 23.2 Å². The van der Waals surface area contributed by atoms with Gasteiger partial charge in [0.1, 0.15) is 6.20 Å². The zero-order valence-electron chi connectivity index (χ0n) is 15.4. The number of anilines is 1. The fourth-order valence-electron chi connectivity index (χ4n) is 3.58. The van der Waals surface area contributed by atoms with E-state index in [4.69, 9.17) is 23.2 Å². The Hall–Kier alpha value is -2.01. The molecule has 4 nitrogen and oxygen atoms in total. The molecule has 0 spiro atoms. The lowest BCUT2D eigenvalue weighted by atomic mass is 10.1. The van der Waals surface area contributed by atoms with E-state index in [1.54, 1.807) is 0 Å². The molecule has 3 aromatic rings. The van der Waals surface area contributed by atoms with Crippen LogP contribution in [0, 0.1) is 6.92 Å². The van der Waals surface area contributed by atoms with Crippen molar-refractivity contribution in [3.05, 3.63) is 70.1 Å². The molecule has 0 atom stereocenters. The average Bonchev–Trinajstić information content (AvgIpc) is 3.24. The summed E-state index contributed by atoms with van der Waals surface area (Å²) >= 11 is 12.2. The number of imidazole rings is 1. The van der Waals surface area contributed by atoms with Gasteiger partial charge in [-0.1, -0.05) is 29.3 Å². The van der Waals surface area contributed by atoms with Crippen LogP contribution in [0.1, 0.15) is 17.8 Å². The van der Waals surface area contributed by atoms with Gasteiger partial charge in [-0.15, -0.1) is 0 Å². The van der Waals surface area contributed by atoms with Gasteiger partial charge in [-0.2, -0.15) is 0 Å². The molecule has 28 heavy (non-hydrogen) atoms. The Kier molecular flexibility index (Phi) is 6.33. The molecule has 0 saturated carbocycles. The molecule has 0 fully saturated rings. The Balaban J connectivity index is 0.00000225. The summed E-state index contributed by atoms with van der Waals surface area (Å²) in [6.45, 7) is 3.14. The van der Waals surface area contributed by atoms with Crippen molar-refractivity contribution in [3.63, 3.8) is 0 Å². The summed E-state index contributed by atoms with van der Waals surface area (Å²) in [5.41, 5.74) is 3.85. The van der Waals surface area contributed by atoms with Gasteiger partial charge in [-0.3, -0.25) is 4.79 Å². The predicted octanol–water partition coefficient (Wildman–Crippen LogP) is 1.65. The number of nitrogens with one attached hydrogen (secondary N) is 1. The Bertz CT molecular complexity index is 1010. The van der Waals surface area contributed by atoms with Crippen LogP contribution in [0.25, 0.3) is 11.3 Å². The quantitative estimate of drug-likeness (QED) is 0.621. The van der Waals surface area contributed by atoms with Gasteiger partial charge in [0.05, 0.1) is 13.0 Å². The van der Waals surface area contributed by atoms with Gasteiger partial charge in [0.15, 0.2) is 12.2 Å². The third-order valence-corrected chi connectivity index (χ3v) is 5.65. The molecular weight excluding hydrogens is 417 g/mol. The Morgan fingerprint density at radius 3 is 2.68 bits per heavy atom. The molecule has 0 unspecified atom stereocenters. The third kappa shape index (κ3) is 4.04.